The molecule has 0 unspecified atom stereocenters. The van der Waals surface area contributed by atoms with E-state index in [1.807, 2.05) is 37.3 Å². The minimum absolute atomic E-state index is 0.349. The van der Waals surface area contributed by atoms with E-state index in [0.29, 0.717) is 16.6 Å². The third kappa shape index (κ3) is 2.14. The molecule has 0 amide bonds. The summed E-state index contributed by atoms with van der Waals surface area (Å²) >= 11 is 5.99. The maximum absolute atomic E-state index is 5.99. The van der Waals surface area contributed by atoms with Crippen LogP contribution in [0.5, 0.6) is 0 Å². The predicted octanol–water partition coefficient (Wildman–Crippen LogP) is 3.95. The number of benzene rings is 1. The average Bonchev–Trinajstić information content (AvgIpc) is 2.81. The van der Waals surface area contributed by atoms with Crippen LogP contribution in [0.15, 0.2) is 47.2 Å². The molecule has 0 aliphatic rings. The zero-order chi connectivity index (χ0) is 14.1. The fourth-order valence-corrected chi connectivity index (χ4v) is 2.38. The molecule has 2 N–H and O–H groups in total. The van der Waals surface area contributed by atoms with Crippen LogP contribution in [0.2, 0.25) is 5.02 Å². The number of nitrogens with two attached hydrogens (primary N) is 1. The van der Waals surface area contributed by atoms with Gasteiger partial charge >= 0.3 is 0 Å². The van der Waals surface area contributed by atoms with Gasteiger partial charge in [0.1, 0.15) is 0 Å². The van der Waals surface area contributed by atoms with Crippen molar-refractivity contribution >= 4 is 17.4 Å². The number of aromatic nitrogens is 2. The maximum atomic E-state index is 5.99. The molecule has 1 aromatic carbocycles. The van der Waals surface area contributed by atoms with Crippen LogP contribution in [-0.2, 0) is 0 Å². The number of anilines is 1. The molecule has 0 atom stereocenters. The smallest absolute Gasteiger partial charge is 0.177 e. The summed E-state index contributed by atoms with van der Waals surface area (Å²) < 4.78 is 5.41. The van der Waals surface area contributed by atoms with Crippen LogP contribution in [0, 0.1) is 6.92 Å². The first-order chi connectivity index (χ1) is 9.66. The van der Waals surface area contributed by atoms with Gasteiger partial charge in [0.25, 0.3) is 0 Å². The molecule has 20 heavy (non-hydrogen) atoms. The summed E-state index contributed by atoms with van der Waals surface area (Å²) in [5.41, 5.74) is 9.47. The van der Waals surface area contributed by atoms with Crippen molar-refractivity contribution in [3.63, 3.8) is 0 Å². The number of rotatable bonds is 2. The van der Waals surface area contributed by atoms with Crippen molar-refractivity contribution in [1.82, 2.24) is 10.1 Å². The minimum Gasteiger partial charge on any atom is -0.380 e. The quantitative estimate of drug-likeness (QED) is 0.774. The van der Waals surface area contributed by atoms with E-state index in [2.05, 4.69) is 10.1 Å². The van der Waals surface area contributed by atoms with Gasteiger partial charge in [-0.05, 0) is 36.8 Å². The highest BCUT2D eigenvalue weighted by Gasteiger charge is 2.19. The summed E-state index contributed by atoms with van der Waals surface area (Å²) in [5, 5.41) is 4.56. The van der Waals surface area contributed by atoms with Crippen molar-refractivity contribution < 1.29 is 4.52 Å². The molecule has 0 saturated heterocycles. The average molecular weight is 286 g/mol. The molecule has 5 heteroatoms. The SMILES string of the molecule is Cc1cc(Cl)ccc1-c1onc(N)c1-c1cccnc1. The maximum Gasteiger partial charge on any atom is 0.177 e. The molecule has 0 fully saturated rings. The molecule has 0 bridgehead atoms. The molecule has 0 radical (unpaired) electrons. The number of hydrogen-bond acceptors (Lipinski definition) is 4. The van der Waals surface area contributed by atoms with Crippen LogP contribution in [0.4, 0.5) is 5.82 Å². The zero-order valence-corrected chi connectivity index (χ0v) is 11.6. The van der Waals surface area contributed by atoms with Gasteiger partial charge in [0.15, 0.2) is 11.6 Å². The van der Waals surface area contributed by atoms with Gasteiger partial charge in [-0.2, -0.15) is 0 Å². The van der Waals surface area contributed by atoms with Gasteiger partial charge in [-0.25, -0.2) is 0 Å². The highest BCUT2D eigenvalue weighted by molar-refractivity contribution is 6.30. The molecule has 0 aliphatic carbocycles. The fourth-order valence-electron chi connectivity index (χ4n) is 2.16. The first kappa shape index (κ1) is 12.7. The summed E-state index contributed by atoms with van der Waals surface area (Å²) in [6, 6.07) is 9.36. The van der Waals surface area contributed by atoms with E-state index >= 15 is 0 Å². The largest absolute Gasteiger partial charge is 0.380 e. The van der Waals surface area contributed by atoms with E-state index in [4.69, 9.17) is 21.9 Å². The summed E-state index contributed by atoms with van der Waals surface area (Å²) in [5.74, 6) is 0.979. The van der Waals surface area contributed by atoms with E-state index in [0.717, 1.165) is 22.3 Å². The van der Waals surface area contributed by atoms with Gasteiger partial charge in [-0.1, -0.05) is 22.8 Å². The van der Waals surface area contributed by atoms with Crippen LogP contribution in [-0.4, -0.2) is 10.1 Å². The number of nitrogens with zero attached hydrogens (tertiary/aromatic N) is 2. The van der Waals surface area contributed by atoms with E-state index in [-0.39, 0.29) is 0 Å². The predicted molar refractivity (Wildman–Crippen MR) is 79.3 cm³/mol. The number of nitrogen functional groups attached to an aromatic ring is 1. The van der Waals surface area contributed by atoms with Crippen LogP contribution in [0.1, 0.15) is 5.56 Å². The second-order valence-electron chi connectivity index (χ2n) is 4.47. The lowest BCUT2D eigenvalue weighted by Gasteiger charge is -2.05. The molecule has 4 nitrogen and oxygen atoms in total. The lowest BCUT2D eigenvalue weighted by Crippen LogP contribution is -1.90. The molecule has 0 aliphatic heterocycles. The van der Waals surface area contributed by atoms with Crippen LogP contribution < -0.4 is 5.73 Å². The Balaban J connectivity index is 2.21. The van der Waals surface area contributed by atoms with Crippen LogP contribution in [0.25, 0.3) is 22.5 Å². The van der Waals surface area contributed by atoms with E-state index < -0.39 is 0 Å². The molecule has 100 valence electrons. The van der Waals surface area contributed by atoms with Gasteiger partial charge in [0, 0.05) is 28.5 Å². The molecule has 0 spiro atoms. The summed E-state index contributed by atoms with van der Waals surface area (Å²) in [6.07, 6.45) is 3.44. The van der Waals surface area contributed by atoms with Crippen molar-refractivity contribution in [1.29, 1.82) is 0 Å². The fraction of sp³-hybridized carbons (Fsp3) is 0.0667. The Bertz CT molecular complexity index is 753. The molecular formula is C15H12ClN3O. The van der Waals surface area contributed by atoms with E-state index in [9.17, 15) is 0 Å². The molecule has 3 rings (SSSR count). The molecule has 2 heterocycles. The van der Waals surface area contributed by atoms with Crippen LogP contribution >= 0.6 is 11.6 Å². The first-order valence-electron chi connectivity index (χ1n) is 6.09. The van der Waals surface area contributed by atoms with Gasteiger partial charge < -0.3 is 10.3 Å². The zero-order valence-electron chi connectivity index (χ0n) is 10.8. The number of pyridine rings is 1. The van der Waals surface area contributed by atoms with E-state index in [1.165, 1.54) is 0 Å². The Hall–Kier alpha value is -2.33. The highest BCUT2D eigenvalue weighted by atomic mass is 35.5. The van der Waals surface area contributed by atoms with Crippen molar-refractivity contribution in [3.05, 3.63) is 53.3 Å². The topological polar surface area (TPSA) is 64.9 Å². The second kappa shape index (κ2) is 4.98. The normalized spacial score (nSPS) is 10.7. The number of hydrogen-bond donors (Lipinski definition) is 1. The highest BCUT2D eigenvalue weighted by Crippen LogP contribution is 2.37. The summed E-state index contributed by atoms with van der Waals surface area (Å²) in [4.78, 5) is 4.11. The van der Waals surface area contributed by atoms with Gasteiger partial charge in [0.05, 0.1) is 5.56 Å². The van der Waals surface area contributed by atoms with Gasteiger partial charge in [0.2, 0.25) is 0 Å². The second-order valence-corrected chi connectivity index (χ2v) is 4.91. The molecule has 2 aromatic heterocycles. The minimum atomic E-state index is 0.349. The molecule has 0 saturated carbocycles. The monoisotopic (exact) mass is 285 g/mol. The lowest BCUT2D eigenvalue weighted by molar-refractivity contribution is 0.436. The Morgan fingerprint density at radius 1 is 1.25 bits per heavy atom. The van der Waals surface area contributed by atoms with Crippen molar-refractivity contribution in [3.8, 4) is 22.5 Å². The van der Waals surface area contributed by atoms with Crippen LogP contribution in [0.3, 0.4) is 0 Å². The third-order valence-corrected chi connectivity index (χ3v) is 3.34. The Kier molecular flexibility index (Phi) is 3.16. The Morgan fingerprint density at radius 3 is 2.80 bits per heavy atom. The molecular weight excluding hydrogens is 274 g/mol. The Labute approximate surface area is 121 Å². The van der Waals surface area contributed by atoms with Crippen molar-refractivity contribution in [2.75, 3.05) is 5.73 Å². The van der Waals surface area contributed by atoms with Gasteiger partial charge in [-0.15, -0.1) is 0 Å². The number of halogens is 1. The van der Waals surface area contributed by atoms with Crippen molar-refractivity contribution in [2.24, 2.45) is 0 Å². The third-order valence-electron chi connectivity index (χ3n) is 3.10. The number of aryl methyl sites for hydroxylation is 1. The Morgan fingerprint density at radius 2 is 2.10 bits per heavy atom. The van der Waals surface area contributed by atoms with Gasteiger partial charge in [-0.3, -0.25) is 4.98 Å². The first-order valence-corrected chi connectivity index (χ1v) is 6.46. The summed E-state index contributed by atoms with van der Waals surface area (Å²) in [7, 11) is 0. The van der Waals surface area contributed by atoms with E-state index in [1.54, 1.807) is 12.4 Å². The summed E-state index contributed by atoms with van der Waals surface area (Å²) in [6.45, 7) is 1.97. The standard InChI is InChI=1S/C15H12ClN3O/c1-9-7-11(16)4-5-12(9)14-13(15(17)19-20-14)10-3-2-6-18-8-10/h2-8H,1H3,(H2,17,19). The lowest BCUT2D eigenvalue weighted by atomic mass is 10.00. The molecule has 3 aromatic rings. The van der Waals surface area contributed by atoms with Crippen molar-refractivity contribution in [2.45, 2.75) is 6.92 Å².